The minimum atomic E-state index is -0.707. The molecule has 32 heavy (non-hydrogen) atoms. The van der Waals surface area contributed by atoms with E-state index >= 15 is 0 Å². The Balaban J connectivity index is 1.31. The van der Waals surface area contributed by atoms with Gasteiger partial charge in [-0.1, -0.05) is 29.0 Å². The number of fused-ring (bicyclic) bond motifs is 1. The zero-order valence-corrected chi connectivity index (χ0v) is 18.5. The quantitative estimate of drug-likeness (QED) is 0.359. The normalized spacial score (nSPS) is 17.7. The molecule has 0 saturated carbocycles. The van der Waals surface area contributed by atoms with Gasteiger partial charge in [-0.2, -0.15) is 0 Å². The van der Waals surface area contributed by atoms with Crippen LogP contribution in [0.2, 0.25) is 0 Å². The van der Waals surface area contributed by atoms with Crippen molar-refractivity contribution >= 4 is 51.1 Å². The zero-order chi connectivity index (χ0) is 22.5. The van der Waals surface area contributed by atoms with Crippen LogP contribution in [0, 0.1) is 0 Å². The fourth-order valence-electron chi connectivity index (χ4n) is 3.53. The average Bonchev–Trinajstić information content (AvgIpc) is 3.11. The predicted octanol–water partition coefficient (Wildman–Crippen LogP) is 2.83. The molecule has 166 valence electrons. The third-order valence-electron chi connectivity index (χ3n) is 4.97. The van der Waals surface area contributed by atoms with Gasteiger partial charge < -0.3 is 9.64 Å². The van der Waals surface area contributed by atoms with E-state index in [1.807, 2.05) is 18.2 Å². The molecule has 1 saturated heterocycles. The molecule has 2 aliphatic heterocycles. The van der Waals surface area contributed by atoms with Crippen LogP contribution in [-0.2, 0) is 20.9 Å². The first-order valence-corrected chi connectivity index (χ1v) is 12.3. The molecule has 4 amide bonds. The van der Waals surface area contributed by atoms with Crippen LogP contribution in [0.3, 0.4) is 0 Å². The van der Waals surface area contributed by atoms with Gasteiger partial charge in [0.05, 0.1) is 11.3 Å². The number of hydrogen-bond acceptors (Lipinski definition) is 8. The number of hydrogen-bond donors (Lipinski definition) is 2. The number of ether oxygens (including phenoxy) is 1. The van der Waals surface area contributed by atoms with Crippen LogP contribution in [0.25, 0.3) is 0 Å². The molecule has 2 aromatic rings. The van der Waals surface area contributed by atoms with E-state index in [1.54, 1.807) is 24.4 Å². The number of piperidine rings is 1. The van der Waals surface area contributed by atoms with Crippen LogP contribution < -0.4 is 10.6 Å². The molecule has 1 aromatic carbocycles. The number of carbonyl (C=O) groups excluding carboxylic acids is 4. The number of benzene rings is 1. The Morgan fingerprint density at radius 1 is 1.22 bits per heavy atom. The number of carbonyl (C=O) groups is 4. The summed E-state index contributed by atoms with van der Waals surface area (Å²) in [5, 5.41) is 5.78. The van der Waals surface area contributed by atoms with Crippen molar-refractivity contribution in [2.45, 2.75) is 30.5 Å². The van der Waals surface area contributed by atoms with Gasteiger partial charge in [-0.3, -0.25) is 25.0 Å². The van der Waals surface area contributed by atoms with Gasteiger partial charge in [0, 0.05) is 24.9 Å². The second-order valence-electron chi connectivity index (χ2n) is 7.07. The lowest BCUT2D eigenvalue weighted by molar-refractivity contribution is -0.136. The van der Waals surface area contributed by atoms with Crippen molar-refractivity contribution in [1.82, 2.24) is 15.2 Å². The van der Waals surface area contributed by atoms with Gasteiger partial charge in [-0.25, -0.2) is 9.78 Å². The molecule has 9 nitrogen and oxygen atoms in total. The fourth-order valence-corrected chi connectivity index (χ4v) is 5.24. The molecule has 11 heteroatoms. The Bertz CT molecular complexity index is 1050. The SMILES string of the molecule is O=C1CCC(N2Cc3cccc(NC(=O)OCCSSc4ccccn4)c3C2=O)C(=O)N1. The van der Waals surface area contributed by atoms with Crippen molar-refractivity contribution < 1.29 is 23.9 Å². The maximum Gasteiger partial charge on any atom is 0.411 e. The first kappa shape index (κ1) is 22.2. The standard InChI is InChI=1S/C21H20N4O5S2/c26-16-8-7-15(19(27)24-16)25-12-13-4-3-5-14(18(13)20(25)28)23-21(29)30-10-11-31-32-17-6-1-2-9-22-17/h1-6,9,15H,7-8,10-12H2,(H,23,29)(H,24,26,27). The summed E-state index contributed by atoms with van der Waals surface area (Å²) in [7, 11) is 3.01. The van der Waals surface area contributed by atoms with Crippen molar-refractivity contribution in [1.29, 1.82) is 0 Å². The van der Waals surface area contributed by atoms with Crippen molar-refractivity contribution in [3.05, 3.63) is 53.7 Å². The summed E-state index contributed by atoms with van der Waals surface area (Å²) in [5.41, 5.74) is 1.39. The van der Waals surface area contributed by atoms with E-state index in [0.29, 0.717) is 22.6 Å². The second kappa shape index (κ2) is 10.0. The minimum absolute atomic E-state index is 0.185. The Kier molecular flexibility index (Phi) is 6.96. The molecule has 0 bridgehead atoms. The summed E-state index contributed by atoms with van der Waals surface area (Å²) < 4.78 is 5.22. The maximum absolute atomic E-state index is 13.0. The highest BCUT2D eigenvalue weighted by Gasteiger charge is 2.40. The number of anilines is 1. The Labute approximate surface area is 192 Å². The number of aromatic nitrogens is 1. The summed E-state index contributed by atoms with van der Waals surface area (Å²) in [4.78, 5) is 54.5. The summed E-state index contributed by atoms with van der Waals surface area (Å²) in [6.45, 7) is 0.439. The molecule has 4 rings (SSSR count). The molecule has 3 heterocycles. The minimum Gasteiger partial charge on any atom is -0.448 e. The van der Waals surface area contributed by atoms with Gasteiger partial charge in [0.1, 0.15) is 17.7 Å². The molecular formula is C21H20N4O5S2. The highest BCUT2D eigenvalue weighted by Crippen LogP contribution is 2.32. The van der Waals surface area contributed by atoms with Gasteiger partial charge in [0.25, 0.3) is 5.91 Å². The number of nitrogens with one attached hydrogen (secondary N) is 2. The van der Waals surface area contributed by atoms with E-state index in [1.165, 1.54) is 26.5 Å². The molecule has 1 atom stereocenters. The molecule has 0 radical (unpaired) electrons. The average molecular weight is 473 g/mol. The Morgan fingerprint density at radius 2 is 2.09 bits per heavy atom. The Morgan fingerprint density at radius 3 is 2.88 bits per heavy atom. The van der Waals surface area contributed by atoms with Crippen LogP contribution in [0.15, 0.2) is 47.6 Å². The number of rotatable bonds is 7. The van der Waals surface area contributed by atoms with Crippen LogP contribution in [0.4, 0.5) is 10.5 Å². The van der Waals surface area contributed by atoms with Gasteiger partial charge in [-0.05, 0) is 41.0 Å². The lowest BCUT2D eigenvalue weighted by atomic mass is 10.0. The summed E-state index contributed by atoms with van der Waals surface area (Å²) in [6, 6.07) is 10.1. The van der Waals surface area contributed by atoms with E-state index in [-0.39, 0.29) is 37.8 Å². The molecule has 1 unspecified atom stereocenters. The van der Waals surface area contributed by atoms with Crippen LogP contribution in [0.1, 0.15) is 28.8 Å². The van der Waals surface area contributed by atoms with E-state index < -0.39 is 18.0 Å². The van der Waals surface area contributed by atoms with Gasteiger partial charge >= 0.3 is 6.09 Å². The topological polar surface area (TPSA) is 118 Å². The van der Waals surface area contributed by atoms with E-state index in [2.05, 4.69) is 15.6 Å². The van der Waals surface area contributed by atoms with Gasteiger partial charge in [0.15, 0.2) is 0 Å². The summed E-state index contributed by atoms with van der Waals surface area (Å²) >= 11 is 0. The molecular weight excluding hydrogens is 452 g/mol. The molecule has 1 fully saturated rings. The zero-order valence-electron chi connectivity index (χ0n) is 16.9. The number of pyridine rings is 1. The Hall–Kier alpha value is -3.05. The predicted molar refractivity (Wildman–Crippen MR) is 120 cm³/mol. The van der Waals surface area contributed by atoms with Crippen LogP contribution in [0.5, 0.6) is 0 Å². The number of nitrogens with zero attached hydrogens (tertiary/aromatic N) is 2. The van der Waals surface area contributed by atoms with Gasteiger partial charge in [0.2, 0.25) is 11.8 Å². The molecule has 2 N–H and O–H groups in total. The van der Waals surface area contributed by atoms with Crippen LogP contribution in [-0.4, -0.2) is 52.1 Å². The maximum atomic E-state index is 13.0. The van der Waals surface area contributed by atoms with Crippen molar-refractivity contribution in [2.24, 2.45) is 0 Å². The van der Waals surface area contributed by atoms with E-state index in [9.17, 15) is 19.2 Å². The highest BCUT2D eigenvalue weighted by atomic mass is 33.1. The van der Waals surface area contributed by atoms with E-state index in [0.717, 1.165) is 5.03 Å². The smallest absolute Gasteiger partial charge is 0.411 e. The number of imide groups is 1. The largest absolute Gasteiger partial charge is 0.448 e. The first-order chi connectivity index (χ1) is 15.5. The molecule has 0 spiro atoms. The monoisotopic (exact) mass is 472 g/mol. The van der Waals surface area contributed by atoms with Gasteiger partial charge in [-0.15, -0.1) is 0 Å². The van der Waals surface area contributed by atoms with Crippen molar-refractivity contribution in [3.8, 4) is 0 Å². The summed E-state index contributed by atoms with van der Waals surface area (Å²) in [5.74, 6) is -0.591. The molecule has 0 aliphatic carbocycles. The third-order valence-corrected chi connectivity index (χ3v) is 7.20. The van der Waals surface area contributed by atoms with Crippen LogP contribution >= 0.6 is 21.6 Å². The van der Waals surface area contributed by atoms with Crippen molar-refractivity contribution in [2.75, 3.05) is 17.7 Å². The first-order valence-electron chi connectivity index (χ1n) is 9.94. The number of amides is 4. The van der Waals surface area contributed by atoms with Crippen molar-refractivity contribution in [3.63, 3.8) is 0 Å². The molecule has 1 aromatic heterocycles. The fraction of sp³-hybridized carbons (Fsp3) is 0.286. The van der Waals surface area contributed by atoms with E-state index in [4.69, 9.17) is 4.74 Å². The lowest BCUT2D eigenvalue weighted by Crippen LogP contribution is -2.52. The molecule has 2 aliphatic rings. The summed E-state index contributed by atoms with van der Waals surface area (Å²) in [6.07, 6.45) is 1.52. The third kappa shape index (κ3) is 5.05. The highest BCUT2D eigenvalue weighted by molar-refractivity contribution is 8.76. The second-order valence-corrected chi connectivity index (χ2v) is 9.51. The lowest BCUT2D eigenvalue weighted by Gasteiger charge is -2.29.